The summed E-state index contributed by atoms with van der Waals surface area (Å²) in [7, 11) is 2.21. The maximum atomic E-state index is 4.60. The van der Waals surface area contributed by atoms with E-state index in [4.69, 9.17) is 0 Å². The van der Waals surface area contributed by atoms with Crippen LogP contribution in [0, 0.1) is 5.92 Å². The van der Waals surface area contributed by atoms with E-state index in [0.29, 0.717) is 0 Å². The molecule has 1 saturated heterocycles. The van der Waals surface area contributed by atoms with Crippen molar-refractivity contribution in [1.29, 1.82) is 0 Å². The molecule has 0 amide bonds. The third-order valence-electron chi connectivity index (χ3n) is 3.33. The lowest BCUT2D eigenvalue weighted by molar-refractivity contribution is 0.214. The third kappa shape index (κ3) is 5.91. The second-order valence-electron chi connectivity index (χ2n) is 4.83. The Labute approximate surface area is 106 Å². The van der Waals surface area contributed by atoms with Gasteiger partial charge in [0.1, 0.15) is 0 Å². The van der Waals surface area contributed by atoms with E-state index in [1.54, 1.807) is 0 Å². The molecule has 0 atom stereocenters. The van der Waals surface area contributed by atoms with Crippen LogP contribution in [0.15, 0.2) is 4.99 Å². The zero-order valence-electron chi connectivity index (χ0n) is 11.6. The number of piperidine rings is 1. The molecule has 0 saturated carbocycles. The Morgan fingerprint density at radius 3 is 2.29 bits per heavy atom. The van der Waals surface area contributed by atoms with E-state index in [9.17, 15) is 0 Å². The summed E-state index contributed by atoms with van der Waals surface area (Å²) < 4.78 is 0. The van der Waals surface area contributed by atoms with E-state index in [-0.39, 0.29) is 0 Å². The van der Waals surface area contributed by atoms with E-state index >= 15 is 0 Å². The smallest absolute Gasteiger partial charge is 0.191 e. The summed E-state index contributed by atoms with van der Waals surface area (Å²) in [6.07, 6.45) is 3.90. The van der Waals surface area contributed by atoms with E-state index < -0.39 is 0 Å². The Morgan fingerprint density at radius 1 is 1.18 bits per heavy atom. The van der Waals surface area contributed by atoms with Crippen molar-refractivity contribution in [2.75, 3.05) is 39.8 Å². The van der Waals surface area contributed by atoms with Crippen LogP contribution in [-0.4, -0.2) is 50.6 Å². The average Bonchev–Trinajstić information content (AvgIpc) is 2.32. The molecule has 100 valence electrons. The van der Waals surface area contributed by atoms with Crippen molar-refractivity contribution < 1.29 is 0 Å². The van der Waals surface area contributed by atoms with Crippen LogP contribution < -0.4 is 10.6 Å². The second-order valence-corrected chi connectivity index (χ2v) is 4.83. The van der Waals surface area contributed by atoms with Crippen molar-refractivity contribution in [3.63, 3.8) is 0 Å². The van der Waals surface area contributed by atoms with Crippen molar-refractivity contribution in [3.05, 3.63) is 0 Å². The third-order valence-corrected chi connectivity index (χ3v) is 3.33. The summed E-state index contributed by atoms with van der Waals surface area (Å²) in [5.74, 6) is 1.84. The number of hydrogen-bond donors (Lipinski definition) is 2. The summed E-state index contributed by atoms with van der Waals surface area (Å²) >= 11 is 0. The van der Waals surface area contributed by atoms with Crippen LogP contribution in [0.25, 0.3) is 0 Å². The predicted molar refractivity (Wildman–Crippen MR) is 74.5 cm³/mol. The van der Waals surface area contributed by atoms with Gasteiger partial charge in [0.2, 0.25) is 0 Å². The number of likely N-dealkylation sites (tertiary alicyclic amines) is 1. The van der Waals surface area contributed by atoms with Crippen LogP contribution in [0.4, 0.5) is 0 Å². The zero-order valence-corrected chi connectivity index (χ0v) is 11.6. The normalized spacial score (nSPS) is 17.8. The minimum atomic E-state index is 0.874. The van der Waals surface area contributed by atoms with Crippen LogP contribution in [0.5, 0.6) is 0 Å². The lowest BCUT2D eigenvalue weighted by Crippen LogP contribution is -2.37. The van der Waals surface area contributed by atoms with E-state index in [1.807, 2.05) is 0 Å². The average molecular weight is 240 g/mol. The van der Waals surface area contributed by atoms with Crippen molar-refractivity contribution in [3.8, 4) is 0 Å². The number of nitrogens with one attached hydrogen (secondary N) is 2. The van der Waals surface area contributed by atoms with Crippen molar-refractivity contribution in [2.45, 2.75) is 33.1 Å². The van der Waals surface area contributed by atoms with Crippen LogP contribution in [-0.2, 0) is 0 Å². The Bertz CT molecular complexity index is 211. The van der Waals surface area contributed by atoms with Gasteiger partial charge in [0.25, 0.3) is 0 Å². The maximum absolute atomic E-state index is 4.60. The Balaban J connectivity index is 2.21. The summed E-state index contributed by atoms with van der Waals surface area (Å²) in [6.45, 7) is 9.51. The van der Waals surface area contributed by atoms with Gasteiger partial charge in [-0.3, -0.25) is 4.99 Å². The van der Waals surface area contributed by atoms with Gasteiger partial charge >= 0.3 is 0 Å². The molecule has 0 radical (unpaired) electrons. The number of aliphatic imine (C=N–C) groups is 1. The van der Waals surface area contributed by atoms with E-state index in [0.717, 1.165) is 31.5 Å². The number of hydrogen-bond acceptors (Lipinski definition) is 2. The van der Waals surface area contributed by atoms with E-state index in [1.165, 1.54) is 32.4 Å². The highest BCUT2D eigenvalue weighted by atomic mass is 15.2. The fourth-order valence-electron chi connectivity index (χ4n) is 2.22. The highest BCUT2D eigenvalue weighted by molar-refractivity contribution is 5.79. The monoisotopic (exact) mass is 240 g/mol. The highest BCUT2D eigenvalue weighted by Gasteiger charge is 2.15. The molecule has 4 nitrogen and oxygen atoms in total. The Kier molecular flexibility index (Phi) is 7.01. The quantitative estimate of drug-likeness (QED) is 0.562. The highest BCUT2D eigenvalue weighted by Crippen LogP contribution is 2.19. The molecule has 0 aromatic heterocycles. The molecule has 0 unspecified atom stereocenters. The summed E-state index contributed by atoms with van der Waals surface area (Å²) in [5.41, 5.74) is 0. The molecule has 1 aliphatic rings. The summed E-state index contributed by atoms with van der Waals surface area (Å²) in [6, 6.07) is 0. The minimum Gasteiger partial charge on any atom is -0.357 e. The van der Waals surface area contributed by atoms with Crippen LogP contribution in [0.1, 0.15) is 33.1 Å². The molecule has 1 aliphatic heterocycles. The van der Waals surface area contributed by atoms with Gasteiger partial charge in [0.05, 0.1) is 0 Å². The molecule has 4 heteroatoms. The van der Waals surface area contributed by atoms with Crippen molar-refractivity contribution in [1.82, 2.24) is 15.5 Å². The SMILES string of the molecule is CCNC(=NCCC1CCN(C)CC1)NCC. The van der Waals surface area contributed by atoms with Crippen molar-refractivity contribution >= 4 is 5.96 Å². The second kappa shape index (κ2) is 8.34. The molecule has 0 spiro atoms. The van der Waals surface area contributed by atoms with Gasteiger partial charge in [-0.05, 0) is 59.2 Å². The Morgan fingerprint density at radius 2 is 1.76 bits per heavy atom. The fraction of sp³-hybridized carbons (Fsp3) is 0.923. The van der Waals surface area contributed by atoms with Crippen molar-refractivity contribution in [2.24, 2.45) is 10.9 Å². The lowest BCUT2D eigenvalue weighted by atomic mass is 9.94. The molecule has 1 fully saturated rings. The topological polar surface area (TPSA) is 39.7 Å². The molecule has 0 bridgehead atoms. The first-order valence-corrected chi connectivity index (χ1v) is 6.97. The molecule has 1 rings (SSSR count). The predicted octanol–water partition coefficient (Wildman–Crippen LogP) is 1.29. The standard InChI is InChI=1S/C13H28N4/c1-4-14-13(15-5-2)16-9-6-12-7-10-17(3)11-8-12/h12H,4-11H2,1-3H3,(H2,14,15,16). The first-order valence-electron chi connectivity index (χ1n) is 6.97. The van der Waals surface area contributed by atoms with Gasteiger partial charge in [-0.2, -0.15) is 0 Å². The lowest BCUT2D eigenvalue weighted by Gasteiger charge is -2.28. The Hall–Kier alpha value is -0.770. The molecular formula is C13H28N4. The summed E-state index contributed by atoms with van der Waals surface area (Å²) in [4.78, 5) is 7.02. The number of rotatable bonds is 5. The van der Waals surface area contributed by atoms with Gasteiger partial charge in [-0.15, -0.1) is 0 Å². The molecule has 0 aromatic rings. The van der Waals surface area contributed by atoms with Gasteiger partial charge in [0, 0.05) is 19.6 Å². The van der Waals surface area contributed by atoms with Gasteiger partial charge in [-0.25, -0.2) is 0 Å². The molecule has 1 heterocycles. The number of nitrogens with zero attached hydrogens (tertiary/aromatic N) is 2. The van der Waals surface area contributed by atoms with Crippen LogP contribution >= 0.6 is 0 Å². The minimum absolute atomic E-state index is 0.874. The number of guanidine groups is 1. The van der Waals surface area contributed by atoms with E-state index in [2.05, 4.69) is 41.4 Å². The van der Waals surface area contributed by atoms with Gasteiger partial charge in [-0.1, -0.05) is 0 Å². The van der Waals surface area contributed by atoms with Crippen LogP contribution in [0.3, 0.4) is 0 Å². The molecular weight excluding hydrogens is 212 g/mol. The fourth-order valence-corrected chi connectivity index (χ4v) is 2.22. The molecule has 0 aliphatic carbocycles. The largest absolute Gasteiger partial charge is 0.357 e. The zero-order chi connectivity index (χ0) is 12.5. The molecule has 0 aromatic carbocycles. The van der Waals surface area contributed by atoms with Crippen LogP contribution in [0.2, 0.25) is 0 Å². The van der Waals surface area contributed by atoms with Gasteiger partial charge in [0.15, 0.2) is 5.96 Å². The molecule has 2 N–H and O–H groups in total. The van der Waals surface area contributed by atoms with Gasteiger partial charge < -0.3 is 15.5 Å². The first-order chi connectivity index (χ1) is 8.26. The first kappa shape index (κ1) is 14.3. The molecule has 17 heavy (non-hydrogen) atoms. The maximum Gasteiger partial charge on any atom is 0.191 e. The summed E-state index contributed by atoms with van der Waals surface area (Å²) in [5, 5.41) is 6.52.